The van der Waals surface area contributed by atoms with Crippen molar-refractivity contribution in [3.63, 3.8) is 0 Å². The summed E-state index contributed by atoms with van der Waals surface area (Å²) in [5.41, 5.74) is 1.73. The second-order valence-corrected chi connectivity index (χ2v) is 7.25. The van der Waals surface area contributed by atoms with Gasteiger partial charge < -0.3 is 4.74 Å². The first-order valence-corrected chi connectivity index (χ1v) is 7.35. The maximum Gasteiger partial charge on any atom is 0.208 e. The lowest BCUT2D eigenvalue weighted by molar-refractivity contribution is -0.696. The average molecular weight is 276 g/mol. The minimum atomic E-state index is -0.361. The van der Waals surface area contributed by atoms with E-state index < -0.39 is 0 Å². The fourth-order valence-corrected chi connectivity index (χ4v) is 3.19. The smallest absolute Gasteiger partial charge is 0.208 e. The lowest BCUT2D eigenvalue weighted by Gasteiger charge is -2.36. The Morgan fingerprint density at radius 3 is 2.10 bits per heavy atom. The Balaban J connectivity index is 2.00. The van der Waals surface area contributed by atoms with Gasteiger partial charge in [0.15, 0.2) is 0 Å². The molecule has 0 aliphatic carbocycles. The number of nitrogens with zero attached hydrogens (tertiary/aromatic N) is 1. The Labute approximate surface area is 121 Å². The van der Waals surface area contributed by atoms with Gasteiger partial charge in [-0.2, -0.15) is 0 Å². The second-order valence-electron chi connectivity index (χ2n) is 7.25. The molecule has 0 aromatic heterocycles. The van der Waals surface area contributed by atoms with E-state index in [4.69, 9.17) is 4.74 Å². The molecule has 1 aliphatic heterocycles. The zero-order valence-corrected chi connectivity index (χ0v) is 13.3. The number of benzene rings is 1. The number of hydrogen-bond acceptors (Lipinski definition) is 2. The van der Waals surface area contributed by atoms with Crippen LogP contribution in [-0.2, 0) is 11.3 Å². The number of piperidine rings is 1. The third-order valence-electron chi connectivity index (χ3n) is 4.16. The molecule has 3 nitrogen and oxygen atoms in total. The predicted molar refractivity (Wildman–Crippen MR) is 80.8 cm³/mol. The normalized spacial score (nSPS) is 21.9. The molecule has 1 aromatic carbocycles. The zero-order chi connectivity index (χ0) is 15.0. The van der Waals surface area contributed by atoms with Crippen molar-refractivity contribution in [3.8, 4) is 0 Å². The summed E-state index contributed by atoms with van der Waals surface area (Å²) in [5.74, 6) is 0. The molecule has 0 spiro atoms. The van der Waals surface area contributed by atoms with E-state index in [2.05, 4.69) is 31.2 Å². The van der Waals surface area contributed by atoms with E-state index in [-0.39, 0.29) is 17.2 Å². The van der Waals surface area contributed by atoms with Gasteiger partial charge in [-0.05, 0) is 12.5 Å². The quantitative estimate of drug-likeness (QED) is 0.781. The number of aryl methyl sites for hydroxylation is 1. The highest BCUT2D eigenvalue weighted by Gasteiger charge is 2.54. The van der Waals surface area contributed by atoms with E-state index in [9.17, 15) is 4.91 Å². The van der Waals surface area contributed by atoms with Gasteiger partial charge in [0.25, 0.3) is 0 Å². The number of nitroso groups, excluding NO2 is 1. The number of hydrogen-bond donors (Lipinski definition) is 0. The van der Waals surface area contributed by atoms with Crippen molar-refractivity contribution in [2.75, 3.05) is 0 Å². The summed E-state index contributed by atoms with van der Waals surface area (Å²) in [6, 6.07) is 8.42. The van der Waals surface area contributed by atoms with Crippen molar-refractivity contribution < 1.29 is 9.50 Å². The van der Waals surface area contributed by atoms with E-state index >= 15 is 0 Å². The van der Waals surface area contributed by atoms with Gasteiger partial charge in [0.05, 0.1) is 12.7 Å². The van der Waals surface area contributed by atoms with Crippen LogP contribution in [0.3, 0.4) is 0 Å². The van der Waals surface area contributed by atoms with Gasteiger partial charge in [-0.3, -0.25) is 0 Å². The Bertz CT molecular complexity index is 468. The first-order valence-electron chi connectivity index (χ1n) is 7.35. The maximum atomic E-state index is 12.3. The van der Waals surface area contributed by atoms with Crippen molar-refractivity contribution >= 4 is 0 Å². The summed E-state index contributed by atoms with van der Waals surface area (Å²) in [5, 5.41) is 0. The van der Waals surface area contributed by atoms with Crippen LogP contribution in [-0.4, -0.2) is 21.9 Å². The van der Waals surface area contributed by atoms with Gasteiger partial charge in [0, 0.05) is 50.2 Å². The summed E-state index contributed by atoms with van der Waals surface area (Å²) in [4.78, 5) is 12.3. The third kappa shape index (κ3) is 3.26. The molecule has 1 aliphatic rings. The zero-order valence-electron chi connectivity index (χ0n) is 13.3. The highest BCUT2D eigenvalue weighted by molar-refractivity contribution is 5.20. The molecular formula is C17H26NO2+. The Hall–Kier alpha value is -1.22. The molecule has 0 bridgehead atoms. The van der Waals surface area contributed by atoms with Crippen molar-refractivity contribution in [2.45, 2.75) is 71.2 Å². The summed E-state index contributed by atoms with van der Waals surface area (Å²) >= 11 is 0. The number of rotatable bonds is 3. The highest BCUT2D eigenvalue weighted by atomic mass is 16.5. The Kier molecular flexibility index (Phi) is 4.01. The SMILES string of the molecule is Cc1ccc(COC2CC(C)(C)[N+](=O)C(C)(C)C2)cc1. The molecule has 0 saturated carbocycles. The summed E-state index contributed by atoms with van der Waals surface area (Å²) < 4.78 is 7.30. The number of ether oxygens (including phenoxy) is 1. The molecule has 0 N–H and O–H groups in total. The van der Waals surface area contributed by atoms with Crippen molar-refractivity contribution in [1.29, 1.82) is 0 Å². The molecule has 1 heterocycles. The topological polar surface area (TPSA) is 29.3 Å². The van der Waals surface area contributed by atoms with Crippen LogP contribution in [0.25, 0.3) is 0 Å². The average Bonchev–Trinajstić information content (AvgIpc) is 2.35. The van der Waals surface area contributed by atoms with Crippen LogP contribution in [0, 0.1) is 11.8 Å². The van der Waals surface area contributed by atoms with Gasteiger partial charge >= 0.3 is 0 Å². The molecule has 1 saturated heterocycles. The van der Waals surface area contributed by atoms with Gasteiger partial charge in [0.2, 0.25) is 11.1 Å². The largest absolute Gasteiger partial charge is 0.373 e. The van der Waals surface area contributed by atoms with Crippen LogP contribution in [0.15, 0.2) is 24.3 Å². The standard InChI is InChI=1S/C17H26NO2/c1-13-6-8-14(9-7-13)12-20-15-10-16(2,3)18(19)17(4,5)11-15/h6-9,15H,10-12H2,1-5H3/q+1. The van der Waals surface area contributed by atoms with E-state index in [1.54, 1.807) is 0 Å². The molecule has 20 heavy (non-hydrogen) atoms. The molecule has 3 heteroatoms. The monoisotopic (exact) mass is 276 g/mol. The molecule has 110 valence electrons. The first kappa shape index (κ1) is 15.2. The maximum absolute atomic E-state index is 12.3. The van der Waals surface area contributed by atoms with Crippen LogP contribution in [0.4, 0.5) is 0 Å². The van der Waals surface area contributed by atoms with E-state index in [1.807, 2.05) is 27.7 Å². The van der Waals surface area contributed by atoms with Crippen molar-refractivity contribution in [3.05, 3.63) is 40.3 Å². The van der Waals surface area contributed by atoms with Gasteiger partial charge in [-0.25, -0.2) is 0 Å². The third-order valence-corrected chi connectivity index (χ3v) is 4.16. The molecule has 1 fully saturated rings. The van der Waals surface area contributed by atoms with Crippen LogP contribution in [0.1, 0.15) is 51.7 Å². The van der Waals surface area contributed by atoms with Crippen molar-refractivity contribution in [2.24, 2.45) is 0 Å². The Morgan fingerprint density at radius 1 is 1.10 bits per heavy atom. The second kappa shape index (κ2) is 5.28. The molecule has 0 unspecified atom stereocenters. The molecule has 0 amide bonds. The fraction of sp³-hybridized carbons (Fsp3) is 0.647. The van der Waals surface area contributed by atoms with Crippen LogP contribution < -0.4 is 0 Å². The van der Waals surface area contributed by atoms with Crippen molar-refractivity contribution in [1.82, 2.24) is 0 Å². The van der Waals surface area contributed by atoms with Gasteiger partial charge in [-0.15, -0.1) is 0 Å². The minimum absolute atomic E-state index is 0.145. The highest BCUT2D eigenvalue weighted by Crippen LogP contribution is 2.35. The van der Waals surface area contributed by atoms with Gasteiger partial charge in [-0.1, -0.05) is 29.8 Å². The summed E-state index contributed by atoms with van der Waals surface area (Å²) in [6.45, 7) is 10.7. The summed E-state index contributed by atoms with van der Waals surface area (Å²) in [7, 11) is 0. The minimum Gasteiger partial charge on any atom is -0.373 e. The fourth-order valence-electron chi connectivity index (χ4n) is 3.19. The van der Waals surface area contributed by atoms with Gasteiger partial charge in [0.1, 0.15) is 0 Å². The predicted octanol–water partition coefficient (Wildman–Crippen LogP) is 4.01. The molecule has 0 atom stereocenters. The van der Waals surface area contributed by atoms with Crippen LogP contribution >= 0.6 is 0 Å². The first-order chi connectivity index (χ1) is 9.21. The van der Waals surface area contributed by atoms with E-state index in [0.29, 0.717) is 6.61 Å². The van der Waals surface area contributed by atoms with E-state index in [0.717, 1.165) is 12.8 Å². The lowest BCUT2D eigenvalue weighted by Crippen LogP contribution is -2.55. The molecule has 2 rings (SSSR count). The molecule has 1 aromatic rings. The lowest BCUT2D eigenvalue weighted by atomic mass is 9.80. The summed E-state index contributed by atoms with van der Waals surface area (Å²) in [6.07, 6.45) is 1.71. The Morgan fingerprint density at radius 2 is 1.60 bits per heavy atom. The van der Waals surface area contributed by atoms with Crippen LogP contribution in [0.5, 0.6) is 0 Å². The molecular weight excluding hydrogens is 250 g/mol. The van der Waals surface area contributed by atoms with Crippen LogP contribution in [0.2, 0.25) is 0 Å². The molecule has 0 radical (unpaired) electrons. The van der Waals surface area contributed by atoms with E-state index in [1.165, 1.54) is 15.9 Å².